The quantitative estimate of drug-likeness (QED) is 0.710. The van der Waals surface area contributed by atoms with Crippen LogP contribution in [0.4, 0.5) is 0 Å². The third-order valence-electron chi connectivity index (χ3n) is 1.85. The molecule has 0 radical (unpaired) electrons. The molecule has 0 aliphatic rings. The zero-order valence-electron chi connectivity index (χ0n) is 7.86. The Balaban J connectivity index is 2.51. The Hall–Kier alpha value is -0.740. The molecule has 1 N–H and O–H groups in total. The SMILES string of the molecule is C=CCCC(NCC)c1cnsn1. The average Bonchev–Trinajstić information content (AvgIpc) is 2.65. The van der Waals surface area contributed by atoms with Crippen molar-refractivity contribution >= 4 is 11.7 Å². The Bertz CT molecular complexity index is 233. The van der Waals surface area contributed by atoms with Crippen LogP contribution in [0.15, 0.2) is 18.9 Å². The summed E-state index contributed by atoms with van der Waals surface area (Å²) in [6.45, 7) is 6.77. The molecule has 1 rings (SSSR count). The average molecular weight is 197 g/mol. The van der Waals surface area contributed by atoms with Gasteiger partial charge in [0.1, 0.15) is 0 Å². The van der Waals surface area contributed by atoms with Gasteiger partial charge in [0.15, 0.2) is 0 Å². The molecule has 4 heteroatoms. The van der Waals surface area contributed by atoms with Crippen LogP contribution in [-0.4, -0.2) is 15.3 Å². The van der Waals surface area contributed by atoms with Gasteiger partial charge >= 0.3 is 0 Å². The number of nitrogens with one attached hydrogen (secondary N) is 1. The van der Waals surface area contributed by atoms with E-state index in [0.29, 0.717) is 6.04 Å². The van der Waals surface area contributed by atoms with Crippen LogP contribution >= 0.6 is 11.7 Å². The largest absolute Gasteiger partial charge is 0.309 e. The van der Waals surface area contributed by atoms with Gasteiger partial charge in [-0.15, -0.1) is 6.58 Å². The topological polar surface area (TPSA) is 37.8 Å². The van der Waals surface area contributed by atoms with Gasteiger partial charge in [-0.1, -0.05) is 13.0 Å². The lowest BCUT2D eigenvalue weighted by atomic mass is 10.1. The maximum Gasteiger partial charge on any atom is 0.0912 e. The first-order valence-corrected chi connectivity index (χ1v) is 5.23. The molecule has 1 atom stereocenters. The summed E-state index contributed by atoms with van der Waals surface area (Å²) in [5.74, 6) is 0. The number of allylic oxidation sites excluding steroid dienone is 1. The highest BCUT2D eigenvalue weighted by Crippen LogP contribution is 2.16. The predicted molar refractivity (Wildman–Crippen MR) is 55.8 cm³/mol. The summed E-state index contributed by atoms with van der Waals surface area (Å²) in [6, 6.07) is 0.335. The second-order valence-electron chi connectivity index (χ2n) is 2.81. The molecule has 0 amide bonds. The van der Waals surface area contributed by atoms with E-state index in [0.717, 1.165) is 25.1 Å². The second kappa shape index (κ2) is 5.83. The fraction of sp³-hybridized carbons (Fsp3) is 0.556. The van der Waals surface area contributed by atoms with Crippen molar-refractivity contribution in [1.29, 1.82) is 0 Å². The van der Waals surface area contributed by atoms with Crippen LogP contribution in [-0.2, 0) is 0 Å². The van der Waals surface area contributed by atoms with E-state index in [1.54, 1.807) is 0 Å². The molecule has 1 heterocycles. The minimum absolute atomic E-state index is 0.335. The first-order chi connectivity index (χ1) is 6.38. The van der Waals surface area contributed by atoms with E-state index in [9.17, 15) is 0 Å². The van der Waals surface area contributed by atoms with E-state index in [2.05, 4.69) is 27.6 Å². The molecule has 1 aromatic heterocycles. The molecule has 3 nitrogen and oxygen atoms in total. The minimum Gasteiger partial charge on any atom is -0.309 e. The molecule has 0 aliphatic heterocycles. The normalized spacial score (nSPS) is 12.7. The van der Waals surface area contributed by atoms with Gasteiger partial charge < -0.3 is 5.32 Å². The maximum atomic E-state index is 4.22. The number of hydrogen-bond acceptors (Lipinski definition) is 4. The fourth-order valence-electron chi connectivity index (χ4n) is 1.21. The van der Waals surface area contributed by atoms with Crippen molar-refractivity contribution in [3.8, 4) is 0 Å². The van der Waals surface area contributed by atoms with Gasteiger partial charge in [-0.2, -0.15) is 8.75 Å². The monoisotopic (exact) mass is 197 g/mol. The molecule has 0 aliphatic carbocycles. The molecule has 0 bridgehead atoms. The van der Waals surface area contributed by atoms with Crippen molar-refractivity contribution in [3.05, 3.63) is 24.5 Å². The first kappa shape index (κ1) is 10.3. The molecule has 0 saturated carbocycles. The number of aromatic nitrogens is 2. The molecule has 0 spiro atoms. The number of rotatable bonds is 6. The summed E-state index contributed by atoms with van der Waals surface area (Å²) in [4.78, 5) is 0. The lowest BCUT2D eigenvalue weighted by Gasteiger charge is -2.13. The lowest BCUT2D eigenvalue weighted by Crippen LogP contribution is -2.20. The van der Waals surface area contributed by atoms with Crippen LogP contribution in [0.2, 0.25) is 0 Å². The van der Waals surface area contributed by atoms with Crippen LogP contribution in [0.3, 0.4) is 0 Å². The van der Waals surface area contributed by atoms with Gasteiger partial charge in [0.25, 0.3) is 0 Å². The highest BCUT2D eigenvalue weighted by Gasteiger charge is 2.11. The molecule has 1 unspecified atom stereocenters. The summed E-state index contributed by atoms with van der Waals surface area (Å²) in [6.07, 6.45) is 5.82. The van der Waals surface area contributed by atoms with Gasteiger partial charge in [-0.25, -0.2) is 0 Å². The Labute approximate surface area is 83.2 Å². The van der Waals surface area contributed by atoms with Crippen LogP contribution in [0.1, 0.15) is 31.5 Å². The Kier molecular flexibility index (Phi) is 4.64. The molecule has 0 fully saturated rings. The summed E-state index contributed by atoms with van der Waals surface area (Å²) in [7, 11) is 0. The zero-order valence-corrected chi connectivity index (χ0v) is 8.68. The van der Waals surface area contributed by atoms with Crippen molar-refractivity contribution in [1.82, 2.24) is 14.1 Å². The molecule has 1 aromatic rings. The number of hydrogen-bond donors (Lipinski definition) is 1. The molecular formula is C9H15N3S. The Morgan fingerprint density at radius 2 is 2.62 bits per heavy atom. The Morgan fingerprint density at radius 1 is 1.77 bits per heavy atom. The highest BCUT2D eigenvalue weighted by atomic mass is 32.1. The standard InChI is InChI=1S/C9H15N3S/c1-3-5-6-8(10-4-2)9-7-11-13-12-9/h3,7-8,10H,1,4-6H2,2H3. The predicted octanol–water partition coefficient (Wildman–Crippen LogP) is 2.15. The van der Waals surface area contributed by atoms with Crippen LogP contribution in [0, 0.1) is 0 Å². The second-order valence-corrected chi connectivity index (χ2v) is 3.37. The van der Waals surface area contributed by atoms with Gasteiger partial charge in [-0.3, -0.25) is 0 Å². The van der Waals surface area contributed by atoms with E-state index in [4.69, 9.17) is 0 Å². The van der Waals surface area contributed by atoms with Crippen molar-refractivity contribution in [3.63, 3.8) is 0 Å². The van der Waals surface area contributed by atoms with Crippen molar-refractivity contribution in [2.24, 2.45) is 0 Å². The van der Waals surface area contributed by atoms with Gasteiger partial charge in [0.2, 0.25) is 0 Å². The lowest BCUT2D eigenvalue weighted by molar-refractivity contribution is 0.511. The first-order valence-electron chi connectivity index (χ1n) is 4.50. The minimum atomic E-state index is 0.335. The van der Waals surface area contributed by atoms with Crippen LogP contribution in [0.25, 0.3) is 0 Å². The molecule has 0 saturated heterocycles. The summed E-state index contributed by atoms with van der Waals surface area (Å²) < 4.78 is 8.22. The van der Waals surface area contributed by atoms with Crippen molar-refractivity contribution < 1.29 is 0 Å². The zero-order chi connectivity index (χ0) is 9.52. The maximum absolute atomic E-state index is 4.22. The molecule has 0 aromatic carbocycles. The van der Waals surface area contributed by atoms with Gasteiger partial charge in [0, 0.05) is 0 Å². The van der Waals surface area contributed by atoms with E-state index in [-0.39, 0.29) is 0 Å². The van der Waals surface area contributed by atoms with E-state index in [1.165, 1.54) is 11.7 Å². The van der Waals surface area contributed by atoms with E-state index in [1.807, 2.05) is 12.3 Å². The molecular weight excluding hydrogens is 182 g/mol. The highest BCUT2D eigenvalue weighted by molar-refractivity contribution is 6.99. The van der Waals surface area contributed by atoms with Crippen LogP contribution < -0.4 is 5.32 Å². The van der Waals surface area contributed by atoms with Gasteiger partial charge in [-0.05, 0) is 19.4 Å². The van der Waals surface area contributed by atoms with E-state index < -0.39 is 0 Å². The molecule has 13 heavy (non-hydrogen) atoms. The van der Waals surface area contributed by atoms with Crippen LogP contribution in [0.5, 0.6) is 0 Å². The number of nitrogens with zero attached hydrogens (tertiary/aromatic N) is 2. The fourth-order valence-corrected chi connectivity index (χ4v) is 1.68. The summed E-state index contributed by atoms with van der Waals surface area (Å²) in [5.41, 5.74) is 1.05. The summed E-state index contributed by atoms with van der Waals surface area (Å²) >= 11 is 1.26. The third-order valence-corrected chi connectivity index (χ3v) is 2.34. The summed E-state index contributed by atoms with van der Waals surface area (Å²) in [5, 5.41) is 3.38. The smallest absolute Gasteiger partial charge is 0.0912 e. The Morgan fingerprint density at radius 3 is 3.15 bits per heavy atom. The molecule has 72 valence electrons. The van der Waals surface area contributed by atoms with E-state index >= 15 is 0 Å². The van der Waals surface area contributed by atoms with Gasteiger partial charge in [0.05, 0.1) is 29.7 Å². The van der Waals surface area contributed by atoms with Crippen molar-refractivity contribution in [2.75, 3.05) is 6.54 Å². The van der Waals surface area contributed by atoms with Crippen molar-refractivity contribution in [2.45, 2.75) is 25.8 Å². The third kappa shape index (κ3) is 3.24.